The van der Waals surface area contributed by atoms with Crippen molar-refractivity contribution in [3.05, 3.63) is 69.7 Å². The third-order valence-corrected chi connectivity index (χ3v) is 3.74. The smallest absolute Gasteiger partial charge is 0.250 e. The molecule has 112 valence electrons. The van der Waals surface area contributed by atoms with Crippen LogP contribution in [0.1, 0.15) is 5.56 Å². The number of amides is 1. The largest absolute Gasteiger partial charge is 0.332 e. The molecule has 0 radical (unpaired) electrons. The van der Waals surface area contributed by atoms with Crippen molar-refractivity contribution in [2.24, 2.45) is 0 Å². The van der Waals surface area contributed by atoms with Crippen LogP contribution in [0.15, 0.2) is 59.1 Å². The molecule has 6 heteroatoms. The Morgan fingerprint density at radius 1 is 1.14 bits per heavy atom. The number of hydrogen-bond donors (Lipinski definition) is 2. The van der Waals surface area contributed by atoms with Crippen molar-refractivity contribution in [2.45, 2.75) is 0 Å². The van der Waals surface area contributed by atoms with Gasteiger partial charge in [0.2, 0.25) is 5.91 Å². The fourth-order valence-corrected chi connectivity index (χ4v) is 2.31. The monoisotopic (exact) mass is 394 g/mol. The Bertz CT molecular complexity index is 716. The van der Waals surface area contributed by atoms with Gasteiger partial charge in [0.15, 0.2) is 5.11 Å². The van der Waals surface area contributed by atoms with Gasteiger partial charge in [0.05, 0.1) is 0 Å². The van der Waals surface area contributed by atoms with Gasteiger partial charge in [-0.1, -0.05) is 45.7 Å². The summed E-state index contributed by atoms with van der Waals surface area (Å²) in [6.07, 6.45) is 3.02. The van der Waals surface area contributed by atoms with Gasteiger partial charge in [-0.15, -0.1) is 0 Å². The minimum Gasteiger partial charge on any atom is -0.332 e. The van der Waals surface area contributed by atoms with Crippen LogP contribution in [0, 0.1) is 0 Å². The van der Waals surface area contributed by atoms with E-state index in [1.807, 2.05) is 42.5 Å². The van der Waals surface area contributed by atoms with Crippen molar-refractivity contribution < 1.29 is 4.79 Å². The fraction of sp³-hybridized carbons (Fsp3) is 0. The van der Waals surface area contributed by atoms with Gasteiger partial charge in [0, 0.05) is 21.3 Å². The Kier molecular flexibility index (Phi) is 6.12. The Labute approximate surface area is 147 Å². The lowest BCUT2D eigenvalue weighted by atomic mass is 10.2. The van der Waals surface area contributed by atoms with Gasteiger partial charge < -0.3 is 5.32 Å². The number of nitrogens with one attached hydrogen (secondary N) is 2. The van der Waals surface area contributed by atoms with E-state index in [1.54, 1.807) is 12.1 Å². The topological polar surface area (TPSA) is 41.1 Å². The fourth-order valence-electron chi connectivity index (χ4n) is 1.62. The van der Waals surface area contributed by atoms with Crippen LogP contribution in [0.5, 0.6) is 0 Å². The first-order chi connectivity index (χ1) is 10.5. The molecule has 0 atom stereocenters. The zero-order chi connectivity index (χ0) is 15.9. The highest BCUT2D eigenvalue weighted by Gasteiger charge is 2.02. The summed E-state index contributed by atoms with van der Waals surface area (Å²) >= 11 is 14.4. The van der Waals surface area contributed by atoms with E-state index in [1.165, 1.54) is 6.08 Å². The Hall–Kier alpha value is -1.69. The van der Waals surface area contributed by atoms with Crippen molar-refractivity contribution in [2.75, 3.05) is 5.32 Å². The summed E-state index contributed by atoms with van der Waals surface area (Å²) in [6, 6.07) is 14.7. The van der Waals surface area contributed by atoms with Gasteiger partial charge in [-0.05, 0) is 54.2 Å². The third-order valence-electron chi connectivity index (χ3n) is 2.66. The second-order valence-electron chi connectivity index (χ2n) is 4.31. The first kappa shape index (κ1) is 16.7. The zero-order valence-electron chi connectivity index (χ0n) is 11.3. The average Bonchev–Trinajstić information content (AvgIpc) is 2.49. The first-order valence-electron chi connectivity index (χ1n) is 6.35. The minimum atomic E-state index is -0.325. The van der Waals surface area contributed by atoms with E-state index in [4.69, 9.17) is 23.8 Å². The molecule has 2 N–H and O–H groups in total. The molecule has 0 saturated carbocycles. The molecular weight excluding hydrogens is 384 g/mol. The van der Waals surface area contributed by atoms with Crippen LogP contribution >= 0.6 is 39.7 Å². The molecule has 1 amide bonds. The summed E-state index contributed by atoms with van der Waals surface area (Å²) in [7, 11) is 0. The van der Waals surface area contributed by atoms with Gasteiger partial charge in [-0.2, -0.15) is 0 Å². The summed E-state index contributed by atoms with van der Waals surface area (Å²) in [6.45, 7) is 0. The van der Waals surface area contributed by atoms with E-state index in [2.05, 4.69) is 26.6 Å². The predicted molar refractivity (Wildman–Crippen MR) is 99.0 cm³/mol. The normalized spacial score (nSPS) is 10.5. The standard InChI is InChI=1S/C16H12BrClN2OS/c17-12-6-8-13(9-7-12)19-16(22)20-15(21)10-5-11-3-1-2-4-14(11)18/h1-10H,(H2,19,20,21,22). The highest BCUT2D eigenvalue weighted by Crippen LogP contribution is 2.16. The highest BCUT2D eigenvalue weighted by atomic mass is 79.9. The molecule has 0 aromatic heterocycles. The van der Waals surface area contributed by atoms with Crippen LogP contribution in [0.4, 0.5) is 5.69 Å². The molecule has 2 aromatic carbocycles. The summed E-state index contributed by atoms with van der Waals surface area (Å²) in [4.78, 5) is 11.8. The van der Waals surface area contributed by atoms with Gasteiger partial charge in [0.25, 0.3) is 0 Å². The van der Waals surface area contributed by atoms with Crippen LogP contribution in [-0.2, 0) is 4.79 Å². The Morgan fingerprint density at radius 2 is 1.82 bits per heavy atom. The average molecular weight is 396 g/mol. The summed E-state index contributed by atoms with van der Waals surface area (Å²) in [5.74, 6) is -0.325. The maximum absolute atomic E-state index is 11.8. The third kappa shape index (κ3) is 5.26. The lowest BCUT2D eigenvalue weighted by Gasteiger charge is -2.08. The second-order valence-corrected chi connectivity index (χ2v) is 6.04. The van der Waals surface area contributed by atoms with Crippen molar-refractivity contribution in [1.82, 2.24) is 5.32 Å². The van der Waals surface area contributed by atoms with E-state index in [9.17, 15) is 4.79 Å². The molecule has 3 nitrogen and oxygen atoms in total. The molecule has 0 bridgehead atoms. The van der Waals surface area contributed by atoms with Gasteiger partial charge in [-0.25, -0.2) is 0 Å². The van der Waals surface area contributed by atoms with E-state index in [0.29, 0.717) is 5.02 Å². The van der Waals surface area contributed by atoms with Crippen molar-refractivity contribution in [3.63, 3.8) is 0 Å². The quantitative estimate of drug-likeness (QED) is 0.588. The number of halogens is 2. The number of anilines is 1. The number of hydrogen-bond acceptors (Lipinski definition) is 2. The number of rotatable bonds is 3. The van der Waals surface area contributed by atoms with Crippen LogP contribution in [-0.4, -0.2) is 11.0 Å². The number of carbonyl (C=O) groups excluding carboxylic acids is 1. The highest BCUT2D eigenvalue weighted by molar-refractivity contribution is 9.10. The molecule has 0 aliphatic rings. The van der Waals surface area contributed by atoms with Gasteiger partial charge >= 0.3 is 0 Å². The van der Waals surface area contributed by atoms with Gasteiger partial charge in [-0.3, -0.25) is 10.1 Å². The Balaban J connectivity index is 1.90. The summed E-state index contributed by atoms with van der Waals surface area (Å²) < 4.78 is 0.968. The molecule has 0 fully saturated rings. The van der Waals surface area contributed by atoms with Gasteiger partial charge in [0.1, 0.15) is 0 Å². The number of thiocarbonyl (C=S) groups is 1. The van der Waals surface area contributed by atoms with E-state index < -0.39 is 0 Å². The first-order valence-corrected chi connectivity index (χ1v) is 7.92. The lowest BCUT2D eigenvalue weighted by Crippen LogP contribution is -2.32. The molecular formula is C16H12BrClN2OS. The zero-order valence-corrected chi connectivity index (χ0v) is 14.5. The lowest BCUT2D eigenvalue weighted by molar-refractivity contribution is -0.115. The van der Waals surface area contributed by atoms with Crippen LogP contribution in [0.3, 0.4) is 0 Å². The Morgan fingerprint density at radius 3 is 2.50 bits per heavy atom. The van der Waals surface area contributed by atoms with Crippen LogP contribution in [0.25, 0.3) is 6.08 Å². The van der Waals surface area contributed by atoms with Crippen molar-refractivity contribution in [3.8, 4) is 0 Å². The van der Waals surface area contributed by atoms with Crippen LogP contribution < -0.4 is 10.6 Å². The molecule has 0 aliphatic carbocycles. The van der Waals surface area contributed by atoms with Crippen molar-refractivity contribution in [1.29, 1.82) is 0 Å². The molecule has 0 saturated heterocycles. The second kappa shape index (κ2) is 8.08. The molecule has 0 unspecified atom stereocenters. The molecule has 2 rings (SSSR count). The van der Waals surface area contributed by atoms with Crippen molar-refractivity contribution >= 4 is 62.5 Å². The molecule has 0 aliphatic heterocycles. The molecule has 0 heterocycles. The molecule has 0 spiro atoms. The van der Waals surface area contributed by atoms with E-state index in [0.717, 1.165) is 15.7 Å². The number of carbonyl (C=O) groups is 1. The summed E-state index contributed by atoms with van der Waals surface area (Å²) in [5, 5.41) is 6.32. The SMILES string of the molecule is O=C(C=Cc1ccccc1Cl)NC(=S)Nc1ccc(Br)cc1. The predicted octanol–water partition coefficient (Wildman–Crippen LogP) is 4.63. The maximum atomic E-state index is 11.8. The maximum Gasteiger partial charge on any atom is 0.250 e. The number of benzene rings is 2. The molecule has 22 heavy (non-hydrogen) atoms. The van der Waals surface area contributed by atoms with Crippen LogP contribution in [0.2, 0.25) is 5.02 Å². The van der Waals surface area contributed by atoms with E-state index in [-0.39, 0.29) is 11.0 Å². The summed E-state index contributed by atoms with van der Waals surface area (Å²) in [5.41, 5.74) is 1.56. The minimum absolute atomic E-state index is 0.233. The van der Waals surface area contributed by atoms with E-state index >= 15 is 0 Å². The molecule has 2 aromatic rings.